The van der Waals surface area contributed by atoms with Crippen molar-refractivity contribution in [3.63, 3.8) is 0 Å². The van der Waals surface area contributed by atoms with Crippen molar-refractivity contribution in [3.05, 3.63) is 103 Å². The molecule has 5 rings (SSSR count). The molecule has 0 radical (unpaired) electrons. The van der Waals surface area contributed by atoms with Gasteiger partial charge in [-0.2, -0.15) is 0 Å². The summed E-state index contributed by atoms with van der Waals surface area (Å²) in [7, 11) is -8.41. The number of carbonyl (C=O) groups excluding carboxylic acids is 2. The summed E-state index contributed by atoms with van der Waals surface area (Å²) >= 11 is 6.50. The topological polar surface area (TPSA) is 179 Å². The van der Waals surface area contributed by atoms with Gasteiger partial charge >= 0.3 is 0 Å². The van der Waals surface area contributed by atoms with Gasteiger partial charge in [-0.1, -0.05) is 35.4 Å². The second kappa shape index (κ2) is 10.5. The van der Waals surface area contributed by atoms with E-state index in [2.05, 4.69) is 41.3 Å². The summed E-state index contributed by atoms with van der Waals surface area (Å²) < 4.78 is 58.1. The number of anilines is 4. The Hall–Kier alpha value is -3.72. The van der Waals surface area contributed by atoms with Gasteiger partial charge in [-0.25, -0.2) is 16.8 Å². The van der Waals surface area contributed by atoms with Gasteiger partial charge in [0.05, 0.1) is 54.8 Å². The molecule has 216 valence electrons. The first-order valence-corrected chi connectivity index (χ1v) is 16.7. The van der Waals surface area contributed by atoms with E-state index in [9.17, 15) is 26.4 Å². The van der Waals surface area contributed by atoms with E-state index in [4.69, 9.17) is 11.5 Å². The van der Waals surface area contributed by atoms with Gasteiger partial charge in [0.2, 0.25) is 0 Å². The van der Waals surface area contributed by atoms with Gasteiger partial charge in [-0.3, -0.25) is 19.0 Å². The predicted octanol–water partition coefficient (Wildman–Crippen LogP) is 5.37. The third-order valence-electron chi connectivity index (χ3n) is 6.69. The van der Waals surface area contributed by atoms with E-state index >= 15 is 0 Å². The van der Waals surface area contributed by atoms with Crippen molar-refractivity contribution in [2.45, 2.75) is 23.6 Å². The van der Waals surface area contributed by atoms with Crippen LogP contribution in [0.25, 0.3) is 0 Å². The minimum absolute atomic E-state index is 0.0696. The fourth-order valence-electron chi connectivity index (χ4n) is 4.53. The third-order valence-corrected chi connectivity index (χ3v) is 10.8. The molecule has 0 aromatic heterocycles. The normalized spacial score (nSPS) is 13.0. The maximum atomic E-state index is 14.1. The molecule has 1 aliphatic carbocycles. The summed E-state index contributed by atoms with van der Waals surface area (Å²) in [6, 6.07) is 14.6. The Bertz CT molecular complexity index is 1900. The zero-order chi connectivity index (χ0) is 30.7. The van der Waals surface area contributed by atoms with E-state index in [0.717, 1.165) is 11.1 Å². The van der Waals surface area contributed by atoms with Crippen LogP contribution in [0, 0.1) is 13.8 Å². The maximum absolute atomic E-state index is 14.1. The van der Waals surface area contributed by atoms with Crippen LogP contribution in [0.2, 0.25) is 0 Å². The zero-order valence-corrected chi connectivity index (χ0v) is 26.8. The number of benzene rings is 4. The van der Waals surface area contributed by atoms with Gasteiger partial charge in [0.15, 0.2) is 11.6 Å². The Kier molecular flexibility index (Phi) is 7.46. The van der Waals surface area contributed by atoms with Gasteiger partial charge in [0.1, 0.15) is 0 Å². The number of aryl methyl sites for hydroxylation is 2. The number of sulfonamides is 2. The molecule has 4 aromatic rings. The van der Waals surface area contributed by atoms with Crippen molar-refractivity contribution in [1.29, 1.82) is 0 Å². The van der Waals surface area contributed by atoms with Crippen LogP contribution < -0.4 is 20.9 Å². The number of nitrogens with two attached hydrogens (primary N) is 2. The van der Waals surface area contributed by atoms with Crippen molar-refractivity contribution < 1.29 is 26.4 Å². The Balaban J connectivity index is 1.69. The Morgan fingerprint density at radius 2 is 0.881 bits per heavy atom. The Morgan fingerprint density at radius 3 is 1.19 bits per heavy atom. The molecular formula is C28H22Br2N4O6S2. The van der Waals surface area contributed by atoms with E-state index in [0.29, 0.717) is 0 Å². The molecule has 42 heavy (non-hydrogen) atoms. The van der Waals surface area contributed by atoms with Crippen LogP contribution in [0.3, 0.4) is 0 Å². The highest BCUT2D eigenvalue weighted by molar-refractivity contribution is 9.11. The van der Waals surface area contributed by atoms with Crippen molar-refractivity contribution in [2.75, 3.05) is 20.9 Å². The summed E-state index contributed by atoms with van der Waals surface area (Å²) in [6.45, 7) is 3.60. The van der Waals surface area contributed by atoms with Crippen LogP contribution in [-0.2, 0) is 20.0 Å². The monoisotopic (exact) mass is 732 g/mol. The van der Waals surface area contributed by atoms with Crippen molar-refractivity contribution in [1.82, 2.24) is 0 Å². The number of carbonyl (C=O) groups is 2. The SMILES string of the molecule is Cc1ccc(S(=O)(=O)Nc2cc(Br)c(N)c3c2C(=O)c2c(N)c(Br)cc(NS(=O)(=O)c4ccc(C)cc4)c2C3=O)cc1. The number of nitrogen functional groups attached to an aromatic ring is 2. The first-order chi connectivity index (χ1) is 19.6. The molecule has 0 atom stereocenters. The molecule has 0 amide bonds. The first kappa shape index (κ1) is 29.8. The van der Waals surface area contributed by atoms with Crippen LogP contribution in [0.4, 0.5) is 22.7 Å². The van der Waals surface area contributed by atoms with Gasteiger partial charge in [0.25, 0.3) is 20.0 Å². The zero-order valence-electron chi connectivity index (χ0n) is 22.0. The summed E-state index contributed by atoms with van der Waals surface area (Å²) in [4.78, 5) is 28.0. The van der Waals surface area contributed by atoms with E-state index in [1.165, 1.54) is 36.4 Å². The minimum atomic E-state index is -4.20. The molecule has 0 spiro atoms. The van der Waals surface area contributed by atoms with Crippen LogP contribution >= 0.6 is 31.9 Å². The molecule has 0 bridgehead atoms. The van der Waals surface area contributed by atoms with Crippen LogP contribution in [0.1, 0.15) is 43.0 Å². The maximum Gasteiger partial charge on any atom is 0.261 e. The molecule has 0 aliphatic heterocycles. The second-order valence-electron chi connectivity index (χ2n) is 9.63. The smallest absolute Gasteiger partial charge is 0.261 e. The van der Waals surface area contributed by atoms with Crippen LogP contribution in [-0.4, -0.2) is 28.4 Å². The number of nitrogens with one attached hydrogen (secondary N) is 2. The molecular weight excluding hydrogens is 712 g/mol. The lowest BCUT2D eigenvalue weighted by Gasteiger charge is -2.26. The molecule has 0 heterocycles. The van der Waals surface area contributed by atoms with Gasteiger partial charge < -0.3 is 11.5 Å². The highest BCUT2D eigenvalue weighted by Crippen LogP contribution is 2.45. The molecule has 1 aliphatic rings. The number of hydrogen-bond donors (Lipinski definition) is 4. The van der Waals surface area contributed by atoms with Crippen LogP contribution in [0.5, 0.6) is 0 Å². The van der Waals surface area contributed by atoms with Crippen LogP contribution in [0.15, 0.2) is 79.4 Å². The predicted molar refractivity (Wildman–Crippen MR) is 168 cm³/mol. The summed E-state index contributed by atoms with van der Waals surface area (Å²) in [5.41, 5.74) is 12.2. The molecule has 10 nitrogen and oxygen atoms in total. The Labute approximate surface area is 258 Å². The highest BCUT2D eigenvalue weighted by atomic mass is 79.9. The largest absolute Gasteiger partial charge is 0.397 e. The summed E-state index contributed by atoms with van der Waals surface area (Å²) in [6.07, 6.45) is 0. The lowest BCUT2D eigenvalue weighted by atomic mass is 9.81. The average Bonchev–Trinajstić information content (AvgIpc) is 2.91. The number of fused-ring (bicyclic) bond motifs is 2. The first-order valence-electron chi connectivity index (χ1n) is 12.1. The van der Waals surface area contributed by atoms with E-state index in [1.807, 2.05) is 0 Å². The summed E-state index contributed by atoms with van der Waals surface area (Å²) in [5.74, 6) is -1.65. The second-order valence-corrected chi connectivity index (χ2v) is 14.7. The van der Waals surface area contributed by atoms with Gasteiger partial charge in [0, 0.05) is 8.95 Å². The van der Waals surface area contributed by atoms with E-state index in [-0.39, 0.29) is 63.7 Å². The highest BCUT2D eigenvalue weighted by Gasteiger charge is 2.40. The molecule has 0 saturated carbocycles. The Morgan fingerprint density at radius 1 is 0.571 bits per heavy atom. The minimum Gasteiger partial charge on any atom is -0.397 e. The molecule has 6 N–H and O–H groups in total. The number of rotatable bonds is 6. The van der Waals surface area contributed by atoms with E-state index < -0.39 is 31.6 Å². The quantitative estimate of drug-likeness (QED) is 0.168. The van der Waals surface area contributed by atoms with Gasteiger partial charge in [-0.05, 0) is 82.1 Å². The summed E-state index contributed by atoms with van der Waals surface area (Å²) in [5, 5.41) is 0. The molecule has 0 fully saturated rings. The van der Waals surface area contributed by atoms with Crippen molar-refractivity contribution in [2.24, 2.45) is 0 Å². The molecule has 0 saturated heterocycles. The number of hydrogen-bond acceptors (Lipinski definition) is 8. The molecule has 4 aromatic carbocycles. The lowest BCUT2D eigenvalue weighted by Crippen LogP contribution is -2.28. The molecule has 0 unspecified atom stereocenters. The van der Waals surface area contributed by atoms with Crippen molar-refractivity contribution in [3.8, 4) is 0 Å². The number of halogens is 2. The fraction of sp³-hybridized carbons (Fsp3) is 0.0714. The van der Waals surface area contributed by atoms with Crippen molar-refractivity contribution >= 4 is 86.2 Å². The number of ketones is 2. The average molecular weight is 734 g/mol. The molecule has 14 heteroatoms. The lowest BCUT2D eigenvalue weighted by molar-refractivity contribution is 0.0981. The third kappa shape index (κ3) is 5.08. The fourth-order valence-corrected chi connectivity index (χ4v) is 7.51. The standard InChI is InChI=1S/C28H22Br2N4O6S2/c1-13-3-7-15(8-4-13)41(37,38)33-19-11-17(29)25(31)23-21(19)27(35)24-22(28(23)36)20(12-18(30)26(24)32)34-42(39,40)16-9-5-14(2)6-10-16/h3-12,33-34H,31-32H2,1-2H3. The van der Waals surface area contributed by atoms with E-state index in [1.54, 1.807) is 38.1 Å². The van der Waals surface area contributed by atoms with Gasteiger partial charge in [-0.15, -0.1) is 0 Å².